The predicted octanol–water partition coefficient (Wildman–Crippen LogP) is 2.06. The topological polar surface area (TPSA) is 76.2 Å². The summed E-state index contributed by atoms with van der Waals surface area (Å²) in [6.07, 6.45) is 3.24. The van der Waals surface area contributed by atoms with Crippen LogP contribution in [0.2, 0.25) is 0 Å². The third-order valence-corrected chi connectivity index (χ3v) is 3.18. The molecular formula is C10H14N2O3. The van der Waals surface area contributed by atoms with Crippen molar-refractivity contribution in [3.05, 3.63) is 11.8 Å². The first-order valence-electron chi connectivity index (χ1n) is 5.07. The molecule has 2 rings (SSSR count). The van der Waals surface area contributed by atoms with Crippen LogP contribution in [0.25, 0.3) is 0 Å². The van der Waals surface area contributed by atoms with Gasteiger partial charge in [-0.25, -0.2) is 4.79 Å². The Morgan fingerprint density at radius 1 is 1.53 bits per heavy atom. The average Bonchev–Trinajstić information content (AvgIpc) is 2.69. The van der Waals surface area contributed by atoms with E-state index in [4.69, 9.17) is 9.52 Å². The van der Waals surface area contributed by atoms with Gasteiger partial charge in [-0.05, 0) is 18.3 Å². The zero-order valence-electron chi connectivity index (χ0n) is 8.86. The van der Waals surface area contributed by atoms with Crippen LogP contribution in [-0.4, -0.2) is 21.3 Å². The quantitative estimate of drug-likeness (QED) is 0.808. The van der Waals surface area contributed by atoms with E-state index in [9.17, 15) is 4.79 Å². The van der Waals surface area contributed by atoms with E-state index in [1.165, 1.54) is 0 Å². The van der Waals surface area contributed by atoms with Gasteiger partial charge in [-0.1, -0.05) is 20.3 Å². The van der Waals surface area contributed by atoms with Crippen LogP contribution in [-0.2, 0) is 0 Å². The predicted molar refractivity (Wildman–Crippen MR) is 51.6 cm³/mol. The maximum Gasteiger partial charge on any atom is 0.393 e. The molecule has 0 radical (unpaired) electrons. The molecule has 5 nitrogen and oxygen atoms in total. The second-order valence-electron chi connectivity index (χ2n) is 4.68. The summed E-state index contributed by atoms with van der Waals surface area (Å²) < 4.78 is 5.14. The molecule has 1 saturated carbocycles. The molecule has 1 unspecified atom stereocenters. The van der Waals surface area contributed by atoms with Crippen LogP contribution < -0.4 is 0 Å². The van der Waals surface area contributed by atoms with Crippen LogP contribution in [0.3, 0.4) is 0 Å². The van der Waals surface area contributed by atoms with E-state index in [2.05, 4.69) is 24.0 Å². The minimum atomic E-state index is -1.16. The van der Waals surface area contributed by atoms with Gasteiger partial charge in [0.25, 0.3) is 0 Å². The number of carboxylic acids is 1. The van der Waals surface area contributed by atoms with Gasteiger partial charge >= 0.3 is 11.9 Å². The summed E-state index contributed by atoms with van der Waals surface area (Å²) in [5.41, 5.74) is 0.127. The summed E-state index contributed by atoms with van der Waals surface area (Å²) in [6, 6.07) is 0. The number of hydrogen-bond acceptors (Lipinski definition) is 4. The fourth-order valence-electron chi connectivity index (χ4n) is 2.25. The molecule has 1 aromatic rings. The summed E-state index contributed by atoms with van der Waals surface area (Å²) in [7, 11) is 0. The minimum absolute atomic E-state index is 0.127. The maximum atomic E-state index is 10.6. The van der Waals surface area contributed by atoms with Gasteiger partial charge in [-0.2, -0.15) is 0 Å². The largest absolute Gasteiger partial charge is 0.474 e. The van der Waals surface area contributed by atoms with Crippen molar-refractivity contribution in [2.45, 2.75) is 39.0 Å². The Morgan fingerprint density at radius 3 is 2.73 bits per heavy atom. The third kappa shape index (κ3) is 1.73. The lowest BCUT2D eigenvalue weighted by atomic mass is 9.82. The summed E-state index contributed by atoms with van der Waals surface area (Å²) >= 11 is 0. The van der Waals surface area contributed by atoms with Gasteiger partial charge in [0.05, 0.1) is 0 Å². The van der Waals surface area contributed by atoms with Crippen molar-refractivity contribution in [3.8, 4) is 0 Å². The number of aromatic carboxylic acids is 1. The molecule has 1 N–H and O–H groups in total. The first-order valence-corrected chi connectivity index (χ1v) is 5.07. The molecule has 1 fully saturated rings. The van der Waals surface area contributed by atoms with E-state index in [0.29, 0.717) is 5.89 Å². The molecule has 0 aromatic carbocycles. The molecule has 1 aromatic heterocycles. The number of nitrogens with zero attached hydrogens (tertiary/aromatic N) is 2. The number of carbonyl (C=O) groups is 1. The Morgan fingerprint density at radius 2 is 2.27 bits per heavy atom. The molecule has 0 spiro atoms. The molecule has 0 amide bonds. The van der Waals surface area contributed by atoms with Crippen molar-refractivity contribution in [3.63, 3.8) is 0 Å². The SMILES string of the molecule is CC1(C)CCCC1c1nnc(C(=O)O)o1. The zero-order chi connectivity index (χ0) is 11.1. The van der Waals surface area contributed by atoms with Crippen LogP contribution in [0.4, 0.5) is 0 Å². The van der Waals surface area contributed by atoms with E-state index < -0.39 is 5.97 Å². The molecule has 5 heteroatoms. The van der Waals surface area contributed by atoms with Gasteiger partial charge in [-0.15, -0.1) is 10.2 Å². The summed E-state index contributed by atoms with van der Waals surface area (Å²) in [5.74, 6) is -0.815. The van der Waals surface area contributed by atoms with E-state index in [1.54, 1.807) is 0 Å². The molecule has 82 valence electrons. The molecule has 0 saturated heterocycles. The van der Waals surface area contributed by atoms with Crippen molar-refractivity contribution in [2.75, 3.05) is 0 Å². The average molecular weight is 210 g/mol. The first-order chi connectivity index (χ1) is 7.00. The van der Waals surface area contributed by atoms with Gasteiger partial charge in [0.1, 0.15) is 0 Å². The molecule has 1 aliphatic rings. The monoisotopic (exact) mass is 210 g/mol. The van der Waals surface area contributed by atoms with Crippen LogP contribution in [0, 0.1) is 5.41 Å². The summed E-state index contributed by atoms with van der Waals surface area (Å²) in [4.78, 5) is 10.6. The van der Waals surface area contributed by atoms with E-state index >= 15 is 0 Å². The Bertz CT molecular complexity index is 384. The second-order valence-corrected chi connectivity index (χ2v) is 4.68. The number of carboxylic acid groups (broad SMARTS) is 1. The molecule has 1 heterocycles. The van der Waals surface area contributed by atoms with Crippen LogP contribution in [0.1, 0.15) is 55.6 Å². The smallest absolute Gasteiger partial charge is 0.393 e. The fraction of sp³-hybridized carbons (Fsp3) is 0.700. The van der Waals surface area contributed by atoms with E-state index in [-0.39, 0.29) is 17.2 Å². The Labute approximate surface area is 87.5 Å². The molecule has 0 aliphatic heterocycles. The standard InChI is InChI=1S/C10H14N2O3/c1-10(2)5-3-4-6(10)7-11-12-8(15-7)9(13)14/h6H,3-5H2,1-2H3,(H,13,14). The first kappa shape index (κ1) is 10.1. The molecule has 1 atom stereocenters. The van der Waals surface area contributed by atoms with Gasteiger partial charge in [0.2, 0.25) is 5.89 Å². The highest BCUT2D eigenvalue weighted by Crippen LogP contribution is 2.48. The van der Waals surface area contributed by atoms with E-state index in [0.717, 1.165) is 19.3 Å². The lowest BCUT2D eigenvalue weighted by Gasteiger charge is -2.23. The van der Waals surface area contributed by atoms with Crippen molar-refractivity contribution in [1.82, 2.24) is 10.2 Å². The number of rotatable bonds is 2. The molecule has 15 heavy (non-hydrogen) atoms. The Balaban J connectivity index is 2.26. The second kappa shape index (κ2) is 3.32. The maximum absolute atomic E-state index is 10.6. The normalized spacial score (nSPS) is 24.3. The summed E-state index contributed by atoms with van der Waals surface area (Å²) in [5, 5.41) is 16.0. The van der Waals surface area contributed by atoms with E-state index in [1.807, 2.05) is 0 Å². The number of hydrogen-bond donors (Lipinski definition) is 1. The Kier molecular flexibility index (Phi) is 2.25. The highest BCUT2D eigenvalue weighted by Gasteiger charge is 2.39. The van der Waals surface area contributed by atoms with Crippen LogP contribution in [0.15, 0.2) is 4.42 Å². The molecule has 0 bridgehead atoms. The van der Waals surface area contributed by atoms with Crippen molar-refractivity contribution in [2.24, 2.45) is 5.41 Å². The third-order valence-electron chi connectivity index (χ3n) is 3.18. The molecular weight excluding hydrogens is 196 g/mol. The Hall–Kier alpha value is -1.39. The van der Waals surface area contributed by atoms with Gasteiger partial charge in [0, 0.05) is 5.92 Å². The van der Waals surface area contributed by atoms with Crippen molar-refractivity contribution in [1.29, 1.82) is 0 Å². The lowest BCUT2D eigenvalue weighted by molar-refractivity contribution is 0.0649. The fourth-order valence-corrected chi connectivity index (χ4v) is 2.25. The van der Waals surface area contributed by atoms with Crippen LogP contribution >= 0.6 is 0 Å². The molecule has 1 aliphatic carbocycles. The minimum Gasteiger partial charge on any atom is -0.474 e. The highest BCUT2D eigenvalue weighted by atomic mass is 16.4. The van der Waals surface area contributed by atoms with Crippen LogP contribution in [0.5, 0.6) is 0 Å². The lowest BCUT2D eigenvalue weighted by Crippen LogP contribution is -2.15. The van der Waals surface area contributed by atoms with Gasteiger partial charge in [0.15, 0.2) is 0 Å². The number of aromatic nitrogens is 2. The van der Waals surface area contributed by atoms with Crippen molar-refractivity contribution < 1.29 is 14.3 Å². The zero-order valence-corrected chi connectivity index (χ0v) is 8.86. The van der Waals surface area contributed by atoms with Gasteiger partial charge in [-0.3, -0.25) is 0 Å². The highest BCUT2D eigenvalue weighted by molar-refractivity contribution is 5.81. The van der Waals surface area contributed by atoms with Crippen molar-refractivity contribution >= 4 is 5.97 Å². The van der Waals surface area contributed by atoms with Gasteiger partial charge < -0.3 is 9.52 Å². The summed E-state index contributed by atoms with van der Waals surface area (Å²) in [6.45, 7) is 4.30.